The highest BCUT2D eigenvalue weighted by molar-refractivity contribution is 7.92. The monoisotopic (exact) mass is 507 g/mol. The van der Waals surface area contributed by atoms with E-state index in [2.05, 4.69) is 5.32 Å². The van der Waals surface area contributed by atoms with Crippen LogP contribution in [0.3, 0.4) is 0 Å². The minimum atomic E-state index is -3.53. The van der Waals surface area contributed by atoms with Gasteiger partial charge in [0.2, 0.25) is 21.8 Å². The molecular formula is C25H34ClN3O4S. The van der Waals surface area contributed by atoms with Crippen LogP contribution in [-0.4, -0.2) is 50.5 Å². The van der Waals surface area contributed by atoms with Crippen molar-refractivity contribution >= 4 is 39.1 Å². The molecule has 0 spiro atoms. The van der Waals surface area contributed by atoms with E-state index in [9.17, 15) is 18.0 Å². The molecule has 0 fully saturated rings. The van der Waals surface area contributed by atoms with Crippen molar-refractivity contribution in [1.29, 1.82) is 0 Å². The minimum Gasteiger partial charge on any atom is -0.355 e. The molecular weight excluding hydrogens is 474 g/mol. The van der Waals surface area contributed by atoms with E-state index in [1.54, 1.807) is 25.1 Å². The third kappa shape index (κ3) is 8.02. The molecule has 0 aromatic heterocycles. The molecule has 0 heterocycles. The van der Waals surface area contributed by atoms with Gasteiger partial charge in [0.05, 0.1) is 11.9 Å². The highest BCUT2D eigenvalue weighted by Crippen LogP contribution is 2.22. The zero-order valence-electron chi connectivity index (χ0n) is 20.5. The first-order valence-electron chi connectivity index (χ1n) is 11.3. The Morgan fingerprint density at radius 1 is 1.09 bits per heavy atom. The number of amides is 2. The second-order valence-corrected chi connectivity index (χ2v) is 10.8. The third-order valence-electron chi connectivity index (χ3n) is 5.41. The SMILES string of the molecule is CCNC(=O)[C@H](C)N(Cc1cccc(Cl)c1)C(=O)CCCN(c1cc(C)cc(C)c1)S(C)(=O)=O. The quantitative estimate of drug-likeness (QED) is 0.497. The number of nitrogens with zero attached hydrogens (tertiary/aromatic N) is 2. The van der Waals surface area contributed by atoms with E-state index in [0.717, 1.165) is 22.9 Å². The summed E-state index contributed by atoms with van der Waals surface area (Å²) in [7, 11) is -3.53. The molecule has 2 rings (SSSR count). The first-order valence-corrected chi connectivity index (χ1v) is 13.5. The molecule has 0 saturated carbocycles. The fourth-order valence-corrected chi connectivity index (χ4v) is 5.00. The smallest absolute Gasteiger partial charge is 0.242 e. The van der Waals surface area contributed by atoms with E-state index < -0.39 is 16.1 Å². The van der Waals surface area contributed by atoms with Crippen LogP contribution in [0.5, 0.6) is 0 Å². The van der Waals surface area contributed by atoms with Gasteiger partial charge in [0, 0.05) is 31.1 Å². The van der Waals surface area contributed by atoms with Crippen molar-refractivity contribution in [2.45, 2.75) is 53.1 Å². The topological polar surface area (TPSA) is 86.8 Å². The maximum absolute atomic E-state index is 13.2. The Morgan fingerprint density at radius 3 is 2.29 bits per heavy atom. The van der Waals surface area contributed by atoms with Crippen LogP contribution in [0.25, 0.3) is 0 Å². The van der Waals surface area contributed by atoms with Gasteiger partial charge in [-0.25, -0.2) is 8.42 Å². The summed E-state index contributed by atoms with van der Waals surface area (Å²) in [6.45, 7) is 8.18. The number of halogens is 1. The summed E-state index contributed by atoms with van der Waals surface area (Å²) >= 11 is 6.10. The number of carbonyl (C=O) groups is 2. The average Bonchev–Trinajstić information content (AvgIpc) is 2.73. The molecule has 0 aliphatic heterocycles. The number of hydrogen-bond acceptors (Lipinski definition) is 4. The van der Waals surface area contributed by atoms with Crippen LogP contribution in [0, 0.1) is 13.8 Å². The van der Waals surface area contributed by atoms with Gasteiger partial charge in [-0.3, -0.25) is 13.9 Å². The first-order chi connectivity index (χ1) is 15.9. The molecule has 0 radical (unpaired) electrons. The number of benzene rings is 2. The van der Waals surface area contributed by atoms with Crippen LogP contribution in [0.4, 0.5) is 5.69 Å². The number of rotatable bonds is 11. The lowest BCUT2D eigenvalue weighted by Gasteiger charge is -2.29. The molecule has 7 nitrogen and oxygen atoms in total. The Bertz CT molecular complexity index is 1100. The van der Waals surface area contributed by atoms with Crippen molar-refractivity contribution in [3.63, 3.8) is 0 Å². The largest absolute Gasteiger partial charge is 0.355 e. The molecule has 1 atom stereocenters. The van der Waals surface area contributed by atoms with Crippen LogP contribution in [0.15, 0.2) is 42.5 Å². The molecule has 0 saturated heterocycles. The molecule has 2 aromatic carbocycles. The molecule has 2 amide bonds. The molecule has 9 heteroatoms. The number of aryl methyl sites for hydroxylation is 2. The summed E-state index contributed by atoms with van der Waals surface area (Å²) in [6, 6.07) is 12.1. The minimum absolute atomic E-state index is 0.0983. The van der Waals surface area contributed by atoms with E-state index >= 15 is 0 Å². The molecule has 186 valence electrons. The summed E-state index contributed by atoms with van der Waals surface area (Å²) in [4.78, 5) is 27.2. The van der Waals surface area contributed by atoms with Gasteiger partial charge >= 0.3 is 0 Å². The van der Waals surface area contributed by atoms with E-state index in [0.29, 0.717) is 23.7 Å². The molecule has 1 N–H and O–H groups in total. The van der Waals surface area contributed by atoms with Crippen LogP contribution < -0.4 is 9.62 Å². The fourth-order valence-electron chi connectivity index (χ4n) is 3.84. The third-order valence-corrected chi connectivity index (χ3v) is 6.84. The zero-order valence-corrected chi connectivity index (χ0v) is 22.0. The van der Waals surface area contributed by atoms with Crippen molar-refractivity contribution < 1.29 is 18.0 Å². The van der Waals surface area contributed by atoms with Gasteiger partial charge in [0.1, 0.15) is 6.04 Å². The van der Waals surface area contributed by atoms with Gasteiger partial charge in [0.15, 0.2) is 0 Å². The van der Waals surface area contributed by atoms with Gasteiger partial charge in [-0.1, -0.05) is 29.8 Å². The predicted molar refractivity (Wildman–Crippen MR) is 137 cm³/mol. The van der Waals surface area contributed by atoms with Crippen LogP contribution >= 0.6 is 11.6 Å². The molecule has 0 aliphatic carbocycles. The van der Waals surface area contributed by atoms with Crippen molar-refractivity contribution in [2.75, 3.05) is 23.7 Å². The summed E-state index contributed by atoms with van der Waals surface area (Å²) in [5.74, 6) is -0.474. The predicted octanol–water partition coefficient (Wildman–Crippen LogP) is 4.06. The molecule has 0 bridgehead atoms. The van der Waals surface area contributed by atoms with Gasteiger partial charge in [-0.15, -0.1) is 0 Å². The second kappa shape index (κ2) is 12.2. The fraction of sp³-hybridized carbons (Fsp3) is 0.440. The zero-order chi connectivity index (χ0) is 25.5. The number of nitrogens with one attached hydrogen (secondary N) is 1. The van der Waals surface area contributed by atoms with Crippen molar-refractivity contribution in [3.05, 3.63) is 64.2 Å². The average molecular weight is 508 g/mol. The number of hydrogen-bond donors (Lipinski definition) is 1. The van der Waals surface area contributed by atoms with Gasteiger partial charge in [-0.05, 0) is 75.1 Å². The summed E-state index contributed by atoms with van der Waals surface area (Å²) in [5, 5.41) is 3.31. The van der Waals surface area contributed by atoms with E-state index in [4.69, 9.17) is 11.6 Å². The maximum atomic E-state index is 13.2. The van der Waals surface area contributed by atoms with Crippen LogP contribution in [-0.2, 0) is 26.2 Å². The standard InChI is InChI=1S/C25H34ClN3O4S/c1-6-27-25(31)20(4)28(17-21-9-7-10-22(26)16-21)24(30)11-8-12-29(34(5,32)33)23-14-18(2)13-19(3)15-23/h7,9-10,13-16,20H,6,8,11-12,17H2,1-5H3,(H,27,31)/t20-/m0/s1. The highest BCUT2D eigenvalue weighted by atomic mass is 35.5. The van der Waals surface area contributed by atoms with E-state index in [1.807, 2.05) is 45.0 Å². The Morgan fingerprint density at radius 2 is 1.74 bits per heavy atom. The normalized spacial score (nSPS) is 12.2. The Kier molecular flexibility index (Phi) is 9.94. The number of sulfonamides is 1. The maximum Gasteiger partial charge on any atom is 0.242 e. The Labute approximate surface area is 208 Å². The van der Waals surface area contributed by atoms with E-state index in [1.165, 1.54) is 9.21 Å². The lowest BCUT2D eigenvalue weighted by atomic mass is 10.1. The Balaban J connectivity index is 2.18. The Hall–Kier alpha value is -2.58. The van der Waals surface area contributed by atoms with Crippen molar-refractivity contribution in [3.8, 4) is 0 Å². The van der Waals surface area contributed by atoms with Crippen molar-refractivity contribution in [2.24, 2.45) is 0 Å². The van der Waals surface area contributed by atoms with E-state index in [-0.39, 0.29) is 31.3 Å². The highest BCUT2D eigenvalue weighted by Gasteiger charge is 2.26. The van der Waals surface area contributed by atoms with Gasteiger partial charge in [0.25, 0.3) is 0 Å². The van der Waals surface area contributed by atoms with Gasteiger partial charge < -0.3 is 10.2 Å². The van der Waals surface area contributed by atoms with Gasteiger partial charge in [-0.2, -0.15) is 0 Å². The number of likely N-dealkylation sites (N-methyl/N-ethyl adjacent to an activating group) is 1. The van der Waals surface area contributed by atoms with Crippen LogP contribution in [0.1, 0.15) is 43.4 Å². The first kappa shape index (κ1) is 27.7. The number of carbonyl (C=O) groups excluding carboxylic acids is 2. The lowest BCUT2D eigenvalue weighted by molar-refractivity contribution is -0.140. The summed E-state index contributed by atoms with van der Waals surface area (Å²) < 4.78 is 26.3. The van der Waals surface area contributed by atoms with Crippen LogP contribution in [0.2, 0.25) is 5.02 Å². The number of anilines is 1. The summed E-state index contributed by atoms with van der Waals surface area (Å²) in [6.07, 6.45) is 1.57. The molecule has 2 aromatic rings. The molecule has 0 aliphatic rings. The lowest BCUT2D eigenvalue weighted by Crippen LogP contribution is -2.47. The second-order valence-electron chi connectivity index (χ2n) is 8.51. The molecule has 34 heavy (non-hydrogen) atoms. The summed E-state index contributed by atoms with van der Waals surface area (Å²) in [5.41, 5.74) is 3.32. The molecule has 0 unspecified atom stereocenters. The van der Waals surface area contributed by atoms with Crippen molar-refractivity contribution in [1.82, 2.24) is 10.2 Å².